The number of nitrogen functional groups attached to an aromatic ring is 1. The number of carbonyl (C=O) groups is 2. The maximum atomic E-state index is 12.7. The number of nitrogens with zero attached hydrogens (tertiary/aromatic N) is 2. The molecule has 0 radical (unpaired) electrons. The van der Waals surface area contributed by atoms with Gasteiger partial charge in [-0.3, -0.25) is 4.79 Å². The van der Waals surface area contributed by atoms with Crippen LogP contribution >= 0.6 is 11.8 Å². The van der Waals surface area contributed by atoms with Crippen molar-refractivity contribution in [1.29, 1.82) is 0 Å². The minimum absolute atomic E-state index is 0.0425. The van der Waals surface area contributed by atoms with Crippen molar-refractivity contribution in [1.82, 2.24) is 9.78 Å². The molecule has 0 bridgehead atoms. The van der Waals surface area contributed by atoms with Crippen LogP contribution in [0.2, 0.25) is 0 Å². The Morgan fingerprint density at radius 2 is 1.97 bits per heavy atom. The zero-order valence-corrected chi connectivity index (χ0v) is 17.1. The lowest BCUT2D eigenvalue weighted by atomic mass is 10.1. The predicted molar refractivity (Wildman–Crippen MR) is 108 cm³/mol. The number of anilines is 1. The third-order valence-electron chi connectivity index (χ3n) is 4.29. The van der Waals surface area contributed by atoms with Gasteiger partial charge in [-0.25, -0.2) is 9.59 Å². The molecular formula is C19H19N3O6S. The van der Waals surface area contributed by atoms with Crippen molar-refractivity contribution < 1.29 is 23.5 Å². The largest absolute Gasteiger partial charge is 0.483 e. The lowest BCUT2D eigenvalue weighted by Gasteiger charge is -2.11. The van der Waals surface area contributed by atoms with Crippen molar-refractivity contribution in [2.24, 2.45) is 0 Å². The van der Waals surface area contributed by atoms with Crippen molar-refractivity contribution in [2.45, 2.75) is 18.9 Å². The van der Waals surface area contributed by atoms with Gasteiger partial charge in [0.1, 0.15) is 21.9 Å². The number of methoxy groups -OCH3 is 1. The fourth-order valence-electron chi connectivity index (χ4n) is 2.87. The van der Waals surface area contributed by atoms with Crippen LogP contribution in [-0.4, -0.2) is 41.6 Å². The Morgan fingerprint density at radius 3 is 2.62 bits per heavy atom. The lowest BCUT2D eigenvalue weighted by Crippen LogP contribution is -2.22. The highest BCUT2D eigenvalue weighted by Crippen LogP contribution is 2.28. The van der Waals surface area contributed by atoms with Gasteiger partial charge in [0.05, 0.1) is 7.11 Å². The molecule has 152 valence electrons. The third kappa shape index (κ3) is 3.83. The molecule has 0 atom stereocenters. The Labute approximate surface area is 169 Å². The Kier molecular flexibility index (Phi) is 5.64. The first-order valence-electron chi connectivity index (χ1n) is 8.48. The molecule has 1 aromatic carbocycles. The topological polar surface area (TPSA) is 127 Å². The van der Waals surface area contributed by atoms with Gasteiger partial charge in [-0.05, 0) is 43.4 Å². The summed E-state index contributed by atoms with van der Waals surface area (Å²) in [6.45, 7) is 3.22. The van der Waals surface area contributed by atoms with Crippen molar-refractivity contribution in [3.05, 3.63) is 45.3 Å². The first-order valence-corrected chi connectivity index (χ1v) is 9.71. The first kappa shape index (κ1) is 20.5. The SMILES string of the molecule is COC(=O)c1c(N)nn(C(=O)COc2cc3c(C)cc(=O)oc3cc2C)c1SC. The van der Waals surface area contributed by atoms with E-state index in [1.165, 1.54) is 13.2 Å². The van der Waals surface area contributed by atoms with Gasteiger partial charge in [-0.15, -0.1) is 16.9 Å². The summed E-state index contributed by atoms with van der Waals surface area (Å²) in [5, 5.41) is 4.93. The van der Waals surface area contributed by atoms with E-state index in [-0.39, 0.29) is 23.0 Å². The molecule has 10 heteroatoms. The quantitative estimate of drug-likeness (QED) is 0.378. The molecule has 0 amide bonds. The number of nitrogens with two attached hydrogens (primary N) is 1. The summed E-state index contributed by atoms with van der Waals surface area (Å²) >= 11 is 1.15. The van der Waals surface area contributed by atoms with Gasteiger partial charge >= 0.3 is 11.6 Å². The lowest BCUT2D eigenvalue weighted by molar-refractivity contribution is 0.0597. The molecule has 2 N–H and O–H groups in total. The Bertz CT molecular complexity index is 1180. The summed E-state index contributed by atoms with van der Waals surface area (Å²) < 4.78 is 16.6. The van der Waals surface area contributed by atoms with E-state index in [0.717, 1.165) is 22.0 Å². The second kappa shape index (κ2) is 8.00. The highest BCUT2D eigenvalue weighted by molar-refractivity contribution is 7.98. The van der Waals surface area contributed by atoms with Crippen LogP contribution in [0.3, 0.4) is 0 Å². The van der Waals surface area contributed by atoms with Gasteiger partial charge in [0, 0.05) is 11.5 Å². The van der Waals surface area contributed by atoms with Gasteiger partial charge in [-0.1, -0.05) is 0 Å². The standard InChI is InChI=1S/C19H19N3O6S/c1-9-6-15(24)28-13-5-10(2)12(7-11(9)13)27-8-14(23)22-18(29-4)16(17(20)21-22)19(25)26-3/h5-7H,8H2,1-4H3,(H2,20,21). The number of hydrogen-bond acceptors (Lipinski definition) is 9. The van der Waals surface area contributed by atoms with Gasteiger partial charge < -0.3 is 19.6 Å². The highest BCUT2D eigenvalue weighted by Gasteiger charge is 2.26. The molecule has 2 aromatic heterocycles. The molecule has 3 rings (SSSR count). The summed E-state index contributed by atoms with van der Waals surface area (Å²) in [5.41, 5.74) is 7.26. The fourth-order valence-corrected chi connectivity index (χ4v) is 3.58. The Balaban J connectivity index is 1.89. The van der Waals surface area contributed by atoms with Crippen LogP contribution in [0.1, 0.15) is 26.3 Å². The molecule has 0 saturated heterocycles. The second-order valence-corrected chi connectivity index (χ2v) is 7.01. The average molecular weight is 417 g/mol. The normalized spacial score (nSPS) is 10.9. The molecule has 29 heavy (non-hydrogen) atoms. The van der Waals surface area contributed by atoms with E-state index in [1.807, 2.05) is 0 Å². The molecule has 0 aliphatic rings. The summed E-state index contributed by atoms with van der Waals surface area (Å²) in [6.07, 6.45) is 1.69. The Hall–Kier alpha value is -3.27. The van der Waals surface area contributed by atoms with Crippen molar-refractivity contribution in [2.75, 3.05) is 25.7 Å². The number of hydrogen-bond donors (Lipinski definition) is 1. The van der Waals surface area contributed by atoms with Crippen LogP contribution < -0.4 is 16.1 Å². The number of fused-ring (bicyclic) bond motifs is 1. The second-order valence-electron chi connectivity index (χ2n) is 6.22. The monoisotopic (exact) mass is 417 g/mol. The maximum absolute atomic E-state index is 12.7. The molecule has 3 aromatic rings. The van der Waals surface area contributed by atoms with E-state index < -0.39 is 17.5 Å². The maximum Gasteiger partial charge on any atom is 0.344 e. The molecule has 0 unspecified atom stereocenters. The number of thioether (sulfide) groups is 1. The third-order valence-corrected chi connectivity index (χ3v) is 5.05. The summed E-state index contributed by atoms with van der Waals surface area (Å²) in [5.74, 6) is -0.815. The molecule has 9 nitrogen and oxygen atoms in total. The molecule has 0 aliphatic carbocycles. The molecule has 0 aliphatic heterocycles. The molecular weight excluding hydrogens is 398 g/mol. The molecule has 0 fully saturated rings. The fraction of sp³-hybridized carbons (Fsp3) is 0.263. The van der Waals surface area contributed by atoms with E-state index in [0.29, 0.717) is 22.3 Å². The van der Waals surface area contributed by atoms with E-state index in [1.54, 1.807) is 32.2 Å². The van der Waals surface area contributed by atoms with E-state index >= 15 is 0 Å². The van der Waals surface area contributed by atoms with Gasteiger partial charge in [0.2, 0.25) is 0 Å². The van der Waals surface area contributed by atoms with Gasteiger partial charge in [0.25, 0.3) is 5.91 Å². The highest BCUT2D eigenvalue weighted by atomic mass is 32.2. The zero-order chi connectivity index (χ0) is 21.3. The Morgan fingerprint density at radius 1 is 1.24 bits per heavy atom. The summed E-state index contributed by atoms with van der Waals surface area (Å²) in [6, 6.07) is 4.78. The van der Waals surface area contributed by atoms with Crippen LogP contribution in [-0.2, 0) is 4.74 Å². The van der Waals surface area contributed by atoms with Crippen LogP contribution in [0.5, 0.6) is 5.75 Å². The summed E-state index contributed by atoms with van der Waals surface area (Å²) in [4.78, 5) is 36.1. The number of aromatic nitrogens is 2. The minimum atomic E-state index is -0.672. The van der Waals surface area contributed by atoms with E-state index in [4.69, 9.17) is 19.6 Å². The van der Waals surface area contributed by atoms with Crippen LogP contribution in [0, 0.1) is 13.8 Å². The number of rotatable bonds is 5. The van der Waals surface area contributed by atoms with Crippen LogP contribution in [0.15, 0.2) is 32.4 Å². The van der Waals surface area contributed by atoms with Gasteiger partial charge in [-0.2, -0.15) is 4.68 Å². The van der Waals surface area contributed by atoms with Crippen molar-refractivity contribution >= 4 is 40.4 Å². The van der Waals surface area contributed by atoms with Crippen LogP contribution in [0.25, 0.3) is 11.0 Å². The van der Waals surface area contributed by atoms with Crippen molar-refractivity contribution in [3.8, 4) is 5.75 Å². The van der Waals surface area contributed by atoms with E-state index in [9.17, 15) is 14.4 Å². The summed E-state index contributed by atoms with van der Waals surface area (Å²) in [7, 11) is 1.22. The molecule has 2 heterocycles. The number of ether oxygens (including phenoxy) is 2. The van der Waals surface area contributed by atoms with Crippen LogP contribution in [0.4, 0.5) is 5.82 Å². The number of esters is 1. The zero-order valence-electron chi connectivity index (χ0n) is 16.3. The van der Waals surface area contributed by atoms with E-state index in [2.05, 4.69) is 5.10 Å². The average Bonchev–Trinajstić information content (AvgIpc) is 3.01. The number of aryl methyl sites for hydroxylation is 2. The van der Waals surface area contributed by atoms with Crippen molar-refractivity contribution in [3.63, 3.8) is 0 Å². The van der Waals surface area contributed by atoms with Gasteiger partial charge in [0.15, 0.2) is 12.4 Å². The smallest absolute Gasteiger partial charge is 0.344 e. The predicted octanol–water partition coefficient (Wildman–Crippen LogP) is 2.42. The molecule has 0 spiro atoms. The minimum Gasteiger partial charge on any atom is -0.483 e. The number of benzene rings is 1. The molecule has 0 saturated carbocycles. The number of carbonyl (C=O) groups excluding carboxylic acids is 2. The first-order chi connectivity index (χ1) is 13.8.